The molecule has 0 rings (SSSR count). The third-order valence-corrected chi connectivity index (χ3v) is 11.0. The van der Waals surface area contributed by atoms with Crippen molar-refractivity contribution in [3.05, 3.63) is 72.9 Å². The van der Waals surface area contributed by atoms with Crippen LogP contribution >= 0.6 is 7.82 Å². The van der Waals surface area contributed by atoms with Crippen LogP contribution in [0.3, 0.4) is 0 Å². The number of allylic oxidation sites excluding steroid dienone is 12. The fourth-order valence-corrected chi connectivity index (χ4v) is 7.18. The fraction of sp³-hybridized carbons (Fsp3) is 0.725. The molecule has 0 aromatic carbocycles. The Kier molecular flexibility index (Phi) is 45.0. The molecule has 0 saturated carbocycles. The Hall–Kier alpha value is -2.55. The van der Waals surface area contributed by atoms with E-state index < -0.39 is 32.5 Å². The van der Waals surface area contributed by atoms with Crippen LogP contribution in [0.25, 0.3) is 0 Å². The minimum absolute atomic E-state index is 0.0369. The molecule has 0 aromatic heterocycles. The summed E-state index contributed by atoms with van der Waals surface area (Å²) in [6.07, 6.45) is 58.2. The zero-order valence-electron chi connectivity index (χ0n) is 38.9. The molecule has 352 valence electrons. The van der Waals surface area contributed by atoms with Crippen LogP contribution in [0.4, 0.5) is 0 Å². The molecule has 61 heavy (non-hydrogen) atoms. The summed E-state index contributed by atoms with van der Waals surface area (Å²) in [7, 11) is -4.41. The van der Waals surface area contributed by atoms with Gasteiger partial charge in [0.1, 0.15) is 6.61 Å². The van der Waals surface area contributed by atoms with E-state index in [9.17, 15) is 19.0 Å². The molecule has 10 heteroatoms. The minimum Gasteiger partial charge on any atom is -0.462 e. The number of ether oxygens (including phenoxy) is 2. The summed E-state index contributed by atoms with van der Waals surface area (Å²) < 4.78 is 32.7. The van der Waals surface area contributed by atoms with Crippen molar-refractivity contribution in [2.24, 2.45) is 5.73 Å². The van der Waals surface area contributed by atoms with Crippen molar-refractivity contribution in [2.75, 3.05) is 26.4 Å². The third kappa shape index (κ3) is 46.8. The molecule has 0 aliphatic heterocycles. The van der Waals surface area contributed by atoms with Crippen LogP contribution in [0.1, 0.15) is 206 Å². The van der Waals surface area contributed by atoms with Gasteiger partial charge in [-0.25, -0.2) is 4.57 Å². The van der Waals surface area contributed by atoms with Crippen LogP contribution in [0.2, 0.25) is 0 Å². The van der Waals surface area contributed by atoms with Gasteiger partial charge in [0.05, 0.1) is 13.2 Å². The van der Waals surface area contributed by atoms with Gasteiger partial charge in [0, 0.05) is 19.4 Å². The zero-order chi connectivity index (χ0) is 44.6. The molecule has 0 aliphatic rings. The number of unbranched alkanes of at least 4 members (excludes halogenated alkanes) is 20. The van der Waals surface area contributed by atoms with Crippen molar-refractivity contribution in [1.29, 1.82) is 0 Å². The molecule has 9 nitrogen and oxygen atoms in total. The molecule has 0 aliphatic carbocycles. The summed E-state index contributed by atoms with van der Waals surface area (Å²) in [4.78, 5) is 34.9. The highest BCUT2D eigenvalue weighted by Crippen LogP contribution is 2.43. The molecule has 1 unspecified atom stereocenters. The average molecular weight is 876 g/mol. The first-order valence-electron chi connectivity index (χ1n) is 24.4. The van der Waals surface area contributed by atoms with Gasteiger partial charge in [-0.05, 0) is 83.5 Å². The summed E-state index contributed by atoms with van der Waals surface area (Å²) in [5.41, 5.74) is 5.35. The van der Waals surface area contributed by atoms with Crippen molar-refractivity contribution in [2.45, 2.75) is 213 Å². The van der Waals surface area contributed by atoms with Crippen molar-refractivity contribution in [3.63, 3.8) is 0 Å². The highest BCUT2D eigenvalue weighted by Gasteiger charge is 2.25. The van der Waals surface area contributed by atoms with Gasteiger partial charge in [-0.1, -0.05) is 183 Å². The molecule has 0 fully saturated rings. The summed E-state index contributed by atoms with van der Waals surface area (Å²) in [6.45, 7) is 3.61. The van der Waals surface area contributed by atoms with Gasteiger partial charge >= 0.3 is 19.8 Å². The number of esters is 2. The van der Waals surface area contributed by atoms with Gasteiger partial charge in [0.15, 0.2) is 6.10 Å². The van der Waals surface area contributed by atoms with E-state index in [0.29, 0.717) is 19.3 Å². The monoisotopic (exact) mass is 876 g/mol. The first-order valence-corrected chi connectivity index (χ1v) is 25.9. The number of hydrogen-bond donors (Lipinski definition) is 2. The van der Waals surface area contributed by atoms with Crippen molar-refractivity contribution in [1.82, 2.24) is 0 Å². The Balaban J connectivity index is 4.20. The largest absolute Gasteiger partial charge is 0.472 e. The fourth-order valence-electron chi connectivity index (χ4n) is 6.41. The van der Waals surface area contributed by atoms with Crippen LogP contribution in [-0.4, -0.2) is 49.3 Å². The number of rotatable bonds is 45. The number of phosphoric ester groups is 1. The predicted octanol–water partition coefficient (Wildman–Crippen LogP) is 14.6. The summed E-state index contributed by atoms with van der Waals surface area (Å²) >= 11 is 0. The summed E-state index contributed by atoms with van der Waals surface area (Å²) in [5.74, 6) is -0.945. The third-order valence-electron chi connectivity index (χ3n) is 10.0. The lowest BCUT2D eigenvalue weighted by Gasteiger charge is -2.19. The highest BCUT2D eigenvalue weighted by molar-refractivity contribution is 7.47. The maximum atomic E-state index is 12.6. The van der Waals surface area contributed by atoms with E-state index >= 15 is 0 Å². The van der Waals surface area contributed by atoms with Gasteiger partial charge in [0.2, 0.25) is 0 Å². The Morgan fingerprint density at radius 3 is 1.36 bits per heavy atom. The molecule has 0 radical (unpaired) electrons. The van der Waals surface area contributed by atoms with Crippen LogP contribution < -0.4 is 5.73 Å². The Labute approximate surface area is 373 Å². The second kappa shape index (κ2) is 46.9. The van der Waals surface area contributed by atoms with Crippen LogP contribution in [-0.2, 0) is 32.7 Å². The topological polar surface area (TPSA) is 134 Å². The molecule has 0 heterocycles. The molecular weight excluding hydrogens is 786 g/mol. The van der Waals surface area contributed by atoms with E-state index in [0.717, 1.165) is 44.9 Å². The Bertz CT molecular complexity index is 1230. The van der Waals surface area contributed by atoms with E-state index in [1.54, 1.807) is 0 Å². The van der Waals surface area contributed by atoms with E-state index in [4.69, 9.17) is 24.3 Å². The van der Waals surface area contributed by atoms with E-state index in [1.807, 2.05) is 6.08 Å². The van der Waals surface area contributed by atoms with E-state index in [-0.39, 0.29) is 32.6 Å². The van der Waals surface area contributed by atoms with Crippen LogP contribution in [0.5, 0.6) is 0 Å². The molecule has 0 aromatic rings. The maximum absolute atomic E-state index is 12.6. The SMILES string of the molecule is CCCCC/C=C/C/C=C/C/C=C/C/C=C/CCCC(=O)O[C@@H](COC(=O)CCC/C=C/CC/C=C/CCCCCCCCCCCCCCCC)COP(=O)(O)OCCN. The second-order valence-corrected chi connectivity index (χ2v) is 17.4. The minimum atomic E-state index is -4.41. The van der Waals surface area contributed by atoms with Crippen molar-refractivity contribution >= 4 is 19.8 Å². The van der Waals surface area contributed by atoms with E-state index in [2.05, 4.69) is 80.7 Å². The quantitative estimate of drug-likeness (QED) is 0.0265. The van der Waals surface area contributed by atoms with Gasteiger partial charge in [-0.15, -0.1) is 0 Å². The highest BCUT2D eigenvalue weighted by atomic mass is 31.2. The normalized spacial score (nSPS) is 13.8. The standard InChI is InChI=1S/C51H90NO8P/c1-3-5-7-9-11-13-15-17-19-21-22-23-24-25-26-28-29-31-33-35-37-39-41-43-50(53)57-47-49(48-59-61(55,56)58-46-45-52)60-51(54)44-42-40-38-36-34-32-30-27-20-18-16-14-12-10-8-6-4-2/h12,14,18,20,28-30,32,35-38,49H,3-11,13,15-17,19,21-27,31,33-34,39-48,52H2,1-2H3,(H,55,56)/b14-12+,20-18+,29-28+,32-30+,37-35+,38-36+/t49-/m0/s1. The van der Waals surface area contributed by atoms with Gasteiger partial charge in [0.25, 0.3) is 0 Å². The summed E-state index contributed by atoms with van der Waals surface area (Å²) in [5, 5.41) is 0. The Morgan fingerprint density at radius 1 is 0.492 bits per heavy atom. The van der Waals surface area contributed by atoms with Crippen molar-refractivity contribution < 1.29 is 37.6 Å². The van der Waals surface area contributed by atoms with Crippen molar-refractivity contribution in [3.8, 4) is 0 Å². The second-order valence-electron chi connectivity index (χ2n) is 16.0. The van der Waals surface area contributed by atoms with Gasteiger partial charge in [-0.3, -0.25) is 18.6 Å². The maximum Gasteiger partial charge on any atom is 0.472 e. The van der Waals surface area contributed by atoms with Gasteiger partial charge in [-0.2, -0.15) is 0 Å². The number of carbonyl (C=O) groups is 2. The van der Waals surface area contributed by atoms with Crippen LogP contribution in [0.15, 0.2) is 72.9 Å². The summed E-state index contributed by atoms with van der Waals surface area (Å²) in [6, 6.07) is 0. The van der Waals surface area contributed by atoms with E-state index in [1.165, 1.54) is 116 Å². The molecule has 0 spiro atoms. The molecular formula is C51H90NO8P. The first kappa shape index (κ1) is 58.5. The number of hydrogen-bond acceptors (Lipinski definition) is 8. The Morgan fingerprint density at radius 2 is 0.869 bits per heavy atom. The molecule has 3 N–H and O–H groups in total. The lowest BCUT2D eigenvalue weighted by Crippen LogP contribution is -2.29. The van der Waals surface area contributed by atoms with Crippen LogP contribution in [0, 0.1) is 0 Å². The number of carbonyl (C=O) groups excluding carboxylic acids is 2. The molecule has 0 saturated heterocycles. The molecule has 0 amide bonds. The predicted molar refractivity (Wildman–Crippen MR) is 256 cm³/mol. The lowest BCUT2D eigenvalue weighted by molar-refractivity contribution is -0.161. The first-order chi connectivity index (χ1) is 29.8. The lowest BCUT2D eigenvalue weighted by atomic mass is 10.0. The molecule has 2 atom stereocenters. The smallest absolute Gasteiger partial charge is 0.462 e. The van der Waals surface area contributed by atoms with Gasteiger partial charge < -0.3 is 20.1 Å². The number of nitrogens with two attached hydrogens (primary N) is 1. The molecule has 0 bridgehead atoms. The zero-order valence-corrected chi connectivity index (χ0v) is 39.8. The average Bonchev–Trinajstić information content (AvgIpc) is 3.25. The number of phosphoric acid groups is 1.